The van der Waals surface area contributed by atoms with Crippen LogP contribution in [0.5, 0.6) is 0 Å². The molecule has 1 aliphatic rings. The van der Waals surface area contributed by atoms with E-state index < -0.39 is 0 Å². The van der Waals surface area contributed by atoms with Crippen LogP contribution in [0.4, 0.5) is 4.39 Å². The van der Waals surface area contributed by atoms with Crippen LogP contribution < -0.4 is 5.73 Å². The summed E-state index contributed by atoms with van der Waals surface area (Å²) in [5.41, 5.74) is 6.70. The summed E-state index contributed by atoms with van der Waals surface area (Å²) in [5, 5.41) is 0. The predicted molar refractivity (Wildman–Crippen MR) is 81.9 cm³/mol. The van der Waals surface area contributed by atoms with Crippen LogP contribution in [0.3, 0.4) is 0 Å². The molecule has 110 valence electrons. The van der Waals surface area contributed by atoms with Crippen LogP contribution >= 0.6 is 12.2 Å². The van der Waals surface area contributed by atoms with E-state index in [4.69, 9.17) is 18.0 Å². The summed E-state index contributed by atoms with van der Waals surface area (Å²) in [6.45, 7) is 6.61. The first-order valence-corrected chi connectivity index (χ1v) is 7.36. The van der Waals surface area contributed by atoms with Crippen LogP contribution in [0.2, 0.25) is 0 Å². The maximum Gasteiger partial charge on any atom is 0.141 e. The van der Waals surface area contributed by atoms with Gasteiger partial charge in [-0.15, -0.1) is 0 Å². The van der Waals surface area contributed by atoms with Crippen LogP contribution in [-0.4, -0.2) is 52.0 Å². The van der Waals surface area contributed by atoms with Crippen molar-refractivity contribution in [3.63, 3.8) is 0 Å². The van der Waals surface area contributed by atoms with Gasteiger partial charge in [-0.25, -0.2) is 4.39 Å². The Morgan fingerprint density at radius 1 is 1.40 bits per heavy atom. The lowest BCUT2D eigenvalue weighted by Crippen LogP contribution is -2.53. The summed E-state index contributed by atoms with van der Waals surface area (Å²) in [6.07, 6.45) is 3.90. The highest BCUT2D eigenvalue weighted by molar-refractivity contribution is 7.80. The largest absolute Gasteiger partial charge is 0.392 e. The minimum absolute atomic E-state index is 0.197. The molecule has 6 heteroatoms. The fraction of sp³-hybridized carbons (Fsp3) is 0.571. The molecule has 1 aromatic rings. The fourth-order valence-corrected chi connectivity index (χ4v) is 2.99. The second kappa shape index (κ2) is 7.06. The van der Waals surface area contributed by atoms with Crippen molar-refractivity contribution in [3.8, 4) is 0 Å². The molecule has 0 bridgehead atoms. The number of pyridine rings is 1. The molecule has 0 radical (unpaired) electrons. The first-order chi connectivity index (χ1) is 9.60. The molecule has 1 unspecified atom stereocenters. The second-order valence-electron chi connectivity index (χ2n) is 5.15. The zero-order valence-electron chi connectivity index (χ0n) is 11.8. The third-order valence-corrected chi connectivity index (χ3v) is 4.00. The van der Waals surface area contributed by atoms with E-state index in [1.165, 1.54) is 6.20 Å². The van der Waals surface area contributed by atoms with Crippen LogP contribution in [0.25, 0.3) is 0 Å². The lowest BCUT2D eigenvalue weighted by molar-refractivity contribution is 0.111. The average molecular weight is 296 g/mol. The van der Waals surface area contributed by atoms with Gasteiger partial charge in [0.1, 0.15) is 5.82 Å². The first-order valence-electron chi connectivity index (χ1n) is 6.95. The van der Waals surface area contributed by atoms with Crippen LogP contribution in [-0.2, 0) is 6.54 Å². The Morgan fingerprint density at radius 3 is 2.65 bits per heavy atom. The van der Waals surface area contributed by atoms with Gasteiger partial charge in [-0.05, 0) is 18.1 Å². The SMILES string of the molecule is CCC(C(N)=S)N1CCN(Cc2cncc(F)c2)CC1. The smallest absolute Gasteiger partial charge is 0.141 e. The zero-order valence-corrected chi connectivity index (χ0v) is 12.6. The molecular weight excluding hydrogens is 275 g/mol. The van der Waals surface area contributed by atoms with E-state index in [0.29, 0.717) is 4.99 Å². The van der Waals surface area contributed by atoms with E-state index >= 15 is 0 Å². The minimum Gasteiger partial charge on any atom is -0.392 e. The molecule has 1 saturated heterocycles. The molecule has 20 heavy (non-hydrogen) atoms. The van der Waals surface area contributed by atoms with E-state index in [1.807, 2.05) is 0 Å². The topological polar surface area (TPSA) is 45.4 Å². The van der Waals surface area contributed by atoms with Crippen LogP contribution in [0.15, 0.2) is 18.5 Å². The van der Waals surface area contributed by atoms with E-state index in [2.05, 4.69) is 21.7 Å². The Kier molecular flexibility index (Phi) is 5.39. The average Bonchev–Trinajstić information content (AvgIpc) is 2.41. The first kappa shape index (κ1) is 15.3. The molecule has 2 N–H and O–H groups in total. The van der Waals surface area contributed by atoms with Crippen LogP contribution in [0, 0.1) is 5.82 Å². The number of rotatable bonds is 5. The van der Waals surface area contributed by atoms with Gasteiger partial charge in [0.05, 0.1) is 17.2 Å². The molecule has 2 heterocycles. The van der Waals surface area contributed by atoms with Crippen molar-refractivity contribution >= 4 is 17.2 Å². The van der Waals surface area contributed by atoms with E-state index in [1.54, 1.807) is 12.3 Å². The third-order valence-electron chi connectivity index (χ3n) is 3.73. The molecule has 2 rings (SSSR count). The highest BCUT2D eigenvalue weighted by Gasteiger charge is 2.24. The molecule has 1 aromatic heterocycles. The lowest BCUT2D eigenvalue weighted by atomic mass is 10.1. The van der Waals surface area contributed by atoms with Gasteiger partial charge in [0.15, 0.2) is 0 Å². The van der Waals surface area contributed by atoms with Gasteiger partial charge in [-0.3, -0.25) is 14.8 Å². The number of aromatic nitrogens is 1. The second-order valence-corrected chi connectivity index (χ2v) is 5.62. The zero-order chi connectivity index (χ0) is 14.5. The van der Waals surface area contributed by atoms with Gasteiger partial charge in [0.2, 0.25) is 0 Å². The number of hydrogen-bond acceptors (Lipinski definition) is 4. The lowest BCUT2D eigenvalue weighted by Gasteiger charge is -2.38. The number of nitrogens with zero attached hydrogens (tertiary/aromatic N) is 3. The minimum atomic E-state index is -0.277. The standard InChI is InChI=1S/C14H21FN4S/c1-2-13(14(16)20)19-5-3-18(4-6-19)10-11-7-12(15)9-17-8-11/h7-9,13H,2-6,10H2,1H3,(H2,16,20). The van der Waals surface area contributed by atoms with Crippen molar-refractivity contribution in [2.75, 3.05) is 26.2 Å². The molecule has 0 amide bonds. The third kappa shape index (κ3) is 3.94. The van der Waals surface area contributed by atoms with Crippen molar-refractivity contribution in [3.05, 3.63) is 29.8 Å². The van der Waals surface area contributed by atoms with E-state index in [0.717, 1.165) is 44.7 Å². The van der Waals surface area contributed by atoms with Gasteiger partial charge in [-0.2, -0.15) is 0 Å². The van der Waals surface area contributed by atoms with Gasteiger partial charge in [0, 0.05) is 38.9 Å². The fourth-order valence-electron chi connectivity index (χ4n) is 2.67. The summed E-state index contributed by atoms with van der Waals surface area (Å²) >= 11 is 5.12. The highest BCUT2D eigenvalue weighted by atomic mass is 32.1. The molecule has 1 aliphatic heterocycles. The Morgan fingerprint density at radius 2 is 2.10 bits per heavy atom. The number of halogens is 1. The number of hydrogen-bond donors (Lipinski definition) is 1. The van der Waals surface area contributed by atoms with Gasteiger partial charge < -0.3 is 5.73 Å². The van der Waals surface area contributed by atoms with Gasteiger partial charge >= 0.3 is 0 Å². The van der Waals surface area contributed by atoms with Crippen molar-refractivity contribution in [2.24, 2.45) is 5.73 Å². The van der Waals surface area contributed by atoms with Crippen molar-refractivity contribution in [1.29, 1.82) is 0 Å². The van der Waals surface area contributed by atoms with Crippen molar-refractivity contribution < 1.29 is 4.39 Å². The number of thiocarbonyl (C=S) groups is 1. The number of piperazine rings is 1. The maximum absolute atomic E-state index is 13.1. The molecule has 1 atom stereocenters. The monoisotopic (exact) mass is 296 g/mol. The summed E-state index contributed by atoms with van der Waals surface area (Å²) in [5.74, 6) is -0.277. The Labute approximate surface area is 124 Å². The Bertz CT molecular complexity index is 460. The molecule has 4 nitrogen and oxygen atoms in total. The van der Waals surface area contributed by atoms with Crippen LogP contribution in [0.1, 0.15) is 18.9 Å². The predicted octanol–water partition coefficient (Wildman–Crippen LogP) is 1.40. The van der Waals surface area contributed by atoms with Crippen molar-refractivity contribution in [2.45, 2.75) is 25.9 Å². The summed E-state index contributed by atoms with van der Waals surface area (Å²) in [7, 11) is 0. The normalized spacial score (nSPS) is 18.9. The molecule has 1 fully saturated rings. The molecular formula is C14H21FN4S. The quantitative estimate of drug-likeness (QED) is 0.832. The van der Waals surface area contributed by atoms with E-state index in [9.17, 15) is 4.39 Å². The molecule has 0 aliphatic carbocycles. The summed E-state index contributed by atoms with van der Waals surface area (Å²) in [4.78, 5) is 9.10. The molecule has 0 saturated carbocycles. The van der Waals surface area contributed by atoms with E-state index in [-0.39, 0.29) is 11.9 Å². The summed E-state index contributed by atoms with van der Waals surface area (Å²) in [6, 6.07) is 1.74. The van der Waals surface area contributed by atoms with Gasteiger partial charge in [-0.1, -0.05) is 19.1 Å². The Balaban J connectivity index is 1.86. The maximum atomic E-state index is 13.1. The molecule has 0 spiro atoms. The molecule has 0 aromatic carbocycles. The van der Waals surface area contributed by atoms with Gasteiger partial charge in [0.25, 0.3) is 0 Å². The highest BCUT2D eigenvalue weighted by Crippen LogP contribution is 2.12. The summed E-state index contributed by atoms with van der Waals surface area (Å²) < 4.78 is 13.1. The van der Waals surface area contributed by atoms with Crippen molar-refractivity contribution in [1.82, 2.24) is 14.8 Å². The Hall–Kier alpha value is -1.11. The number of nitrogens with two attached hydrogens (primary N) is 1.